The van der Waals surface area contributed by atoms with Crippen molar-refractivity contribution in [1.29, 1.82) is 0 Å². The minimum atomic E-state index is -4.88. The smallest absolute Gasteiger partial charge is 0.416 e. The Morgan fingerprint density at radius 3 is 2.03 bits per heavy atom. The Labute approximate surface area is 209 Å². The Morgan fingerprint density at radius 2 is 1.51 bits per heavy atom. The van der Waals surface area contributed by atoms with Gasteiger partial charge in [0.05, 0.1) is 23.2 Å². The topological polar surface area (TPSA) is 78.4 Å². The average Bonchev–Trinajstić information content (AvgIpc) is 2.82. The quantitative estimate of drug-likeness (QED) is 0.197. The van der Waals surface area contributed by atoms with E-state index in [9.17, 15) is 36.5 Å². The first kappa shape index (κ1) is 28.0. The van der Waals surface area contributed by atoms with Crippen LogP contribution in [0, 0.1) is 10.1 Å². The molecule has 0 bridgehead atoms. The van der Waals surface area contributed by atoms with E-state index in [2.05, 4.69) is 0 Å². The van der Waals surface area contributed by atoms with E-state index in [0.717, 1.165) is 17.7 Å². The summed E-state index contributed by atoms with van der Waals surface area (Å²) in [6.45, 7) is 3.37. The molecule has 0 spiro atoms. The van der Waals surface area contributed by atoms with Crippen molar-refractivity contribution in [2.75, 3.05) is 7.11 Å². The van der Waals surface area contributed by atoms with E-state index >= 15 is 0 Å². The highest BCUT2D eigenvalue weighted by Gasteiger charge is 2.35. The van der Waals surface area contributed by atoms with Gasteiger partial charge in [-0.1, -0.05) is 26.0 Å². The van der Waals surface area contributed by atoms with Crippen molar-refractivity contribution in [3.05, 3.63) is 92.0 Å². The number of rotatable bonds is 7. The molecule has 3 aromatic carbocycles. The first-order valence-corrected chi connectivity index (χ1v) is 11.1. The fraction of sp³-hybridized carbons (Fsp3) is 0.308. The summed E-state index contributed by atoms with van der Waals surface area (Å²) in [6, 6.07) is 9.25. The molecule has 5 nitrogen and oxygen atoms in total. The zero-order chi connectivity index (χ0) is 27.7. The predicted octanol–water partition coefficient (Wildman–Crippen LogP) is 7.48. The van der Waals surface area contributed by atoms with E-state index in [1.165, 1.54) is 13.2 Å². The number of nitrogens with zero attached hydrogens (tertiary/aromatic N) is 1. The lowest BCUT2D eigenvalue weighted by molar-refractivity contribution is -0.385. The Kier molecular flexibility index (Phi) is 7.87. The van der Waals surface area contributed by atoms with E-state index in [-0.39, 0.29) is 22.6 Å². The molecule has 0 aliphatic carbocycles. The molecule has 0 radical (unpaired) electrons. The van der Waals surface area contributed by atoms with Crippen LogP contribution in [0.3, 0.4) is 0 Å². The van der Waals surface area contributed by atoms with Crippen molar-refractivity contribution < 1.29 is 36.0 Å². The fourth-order valence-electron chi connectivity index (χ4n) is 4.09. The maximum Gasteiger partial charge on any atom is 0.416 e. The van der Waals surface area contributed by atoms with Crippen LogP contribution < -0.4 is 10.5 Å². The van der Waals surface area contributed by atoms with E-state index < -0.39 is 47.1 Å². The molecule has 198 valence electrons. The highest BCUT2D eigenvalue weighted by molar-refractivity contribution is 5.75. The first-order valence-electron chi connectivity index (χ1n) is 11.1. The second-order valence-corrected chi connectivity index (χ2v) is 8.75. The van der Waals surface area contributed by atoms with Crippen LogP contribution in [0.4, 0.5) is 32.0 Å². The van der Waals surface area contributed by atoms with Crippen LogP contribution in [0.5, 0.6) is 5.75 Å². The molecular formula is C26H24F6N2O3. The lowest BCUT2D eigenvalue weighted by Gasteiger charge is -2.19. The van der Waals surface area contributed by atoms with Gasteiger partial charge in [0.15, 0.2) is 0 Å². The van der Waals surface area contributed by atoms with Gasteiger partial charge in [-0.15, -0.1) is 0 Å². The molecule has 3 rings (SSSR count). The van der Waals surface area contributed by atoms with Crippen LogP contribution in [0.1, 0.15) is 53.1 Å². The van der Waals surface area contributed by atoms with Crippen molar-refractivity contribution in [1.82, 2.24) is 0 Å². The summed E-state index contributed by atoms with van der Waals surface area (Å²) in [5.74, 6) is 0.425. The van der Waals surface area contributed by atoms with Gasteiger partial charge >= 0.3 is 12.4 Å². The van der Waals surface area contributed by atoms with E-state index in [0.29, 0.717) is 29.0 Å². The van der Waals surface area contributed by atoms with E-state index in [1.807, 2.05) is 19.9 Å². The van der Waals surface area contributed by atoms with Gasteiger partial charge in [0, 0.05) is 30.2 Å². The highest BCUT2D eigenvalue weighted by Crippen LogP contribution is 2.41. The zero-order valence-electron chi connectivity index (χ0n) is 20.1. The van der Waals surface area contributed by atoms with Crippen molar-refractivity contribution in [2.45, 2.75) is 45.1 Å². The Hall–Kier alpha value is -3.60. The summed E-state index contributed by atoms with van der Waals surface area (Å²) in [5, 5.41) is 11.8. The van der Waals surface area contributed by atoms with Crippen molar-refractivity contribution in [3.8, 4) is 16.9 Å². The summed E-state index contributed by atoms with van der Waals surface area (Å²) < 4.78 is 86.3. The third-order valence-electron chi connectivity index (χ3n) is 6.04. The van der Waals surface area contributed by atoms with Gasteiger partial charge in [-0.3, -0.25) is 10.1 Å². The van der Waals surface area contributed by atoms with Crippen LogP contribution in [0.25, 0.3) is 11.1 Å². The van der Waals surface area contributed by atoms with E-state index in [4.69, 9.17) is 10.5 Å². The molecule has 0 fully saturated rings. The van der Waals surface area contributed by atoms with E-state index in [1.54, 1.807) is 12.1 Å². The van der Waals surface area contributed by atoms with Crippen LogP contribution in [-0.2, 0) is 25.3 Å². The van der Waals surface area contributed by atoms with Crippen molar-refractivity contribution >= 4 is 5.69 Å². The minimum Gasteiger partial charge on any atom is -0.496 e. The molecule has 0 aliphatic rings. The normalized spacial score (nSPS) is 12.2. The SMILES string of the molecule is COc1ccc(C(C)C)cc1-c1ccc(C(F)(F)F)cc1Cc1c(CN)cc(C(F)(F)F)cc1[N+](=O)[O-]. The largest absolute Gasteiger partial charge is 0.496 e. The number of nitrogens with two attached hydrogens (primary N) is 1. The maximum absolute atomic E-state index is 13.6. The number of methoxy groups -OCH3 is 1. The molecule has 0 saturated carbocycles. The van der Waals surface area contributed by atoms with Gasteiger partial charge in [0.25, 0.3) is 5.69 Å². The number of alkyl halides is 6. The molecule has 0 aromatic heterocycles. The number of halogens is 6. The first-order chi connectivity index (χ1) is 17.2. The van der Waals surface area contributed by atoms with Crippen LogP contribution >= 0.6 is 0 Å². The standard InChI is InChI=1S/C26H24F6N2O3/c1-14(2)15-4-7-24(37-3)22(10-15)20-6-5-18(25(27,28)29)8-16(20)11-21-17(13-33)9-19(26(30,31)32)12-23(21)34(35)36/h4-10,12,14H,11,13,33H2,1-3H3. The Bertz CT molecular complexity index is 1320. The molecule has 0 atom stereocenters. The molecule has 0 heterocycles. The molecule has 11 heteroatoms. The molecule has 3 aromatic rings. The third-order valence-corrected chi connectivity index (χ3v) is 6.04. The van der Waals surface area contributed by atoms with Gasteiger partial charge in [-0.25, -0.2) is 0 Å². The molecule has 0 aliphatic heterocycles. The average molecular weight is 526 g/mol. The lowest BCUT2D eigenvalue weighted by Crippen LogP contribution is -2.13. The van der Waals surface area contributed by atoms with Crippen molar-refractivity contribution in [3.63, 3.8) is 0 Å². The van der Waals surface area contributed by atoms with Gasteiger partial charge < -0.3 is 10.5 Å². The number of ether oxygens (including phenoxy) is 1. The summed E-state index contributed by atoms with van der Waals surface area (Å²) in [4.78, 5) is 10.8. The minimum absolute atomic E-state index is 0.0200. The molecular weight excluding hydrogens is 502 g/mol. The van der Waals surface area contributed by atoms with Gasteiger partial charge in [0.1, 0.15) is 5.75 Å². The van der Waals surface area contributed by atoms with Crippen LogP contribution in [0.2, 0.25) is 0 Å². The summed E-state index contributed by atoms with van der Waals surface area (Å²) >= 11 is 0. The molecule has 37 heavy (non-hydrogen) atoms. The molecule has 0 saturated heterocycles. The summed E-state index contributed by atoms with van der Waals surface area (Å²) in [5.41, 5.74) is 3.74. The second kappa shape index (κ2) is 10.4. The third kappa shape index (κ3) is 6.04. The van der Waals surface area contributed by atoms with Crippen molar-refractivity contribution in [2.24, 2.45) is 5.73 Å². The maximum atomic E-state index is 13.6. The zero-order valence-corrected chi connectivity index (χ0v) is 20.1. The monoisotopic (exact) mass is 526 g/mol. The van der Waals surface area contributed by atoms with Gasteiger partial charge in [0.2, 0.25) is 0 Å². The number of hydrogen-bond acceptors (Lipinski definition) is 4. The number of hydrogen-bond donors (Lipinski definition) is 1. The number of benzene rings is 3. The van der Waals surface area contributed by atoms with Crippen LogP contribution in [0.15, 0.2) is 48.5 Å². The fourth-order valence-corrected chi connectivity index (χ4v) is 4.09. The summed E-state index contributed by atoms with van der Waals surface area (Å²) in [7, 11) is 1.39. The summed E-state index contributed by atoms with van der Waals surface area (Å²) in [6.07, 6.45) is -10.1. The lowest BCUT2D eigenvalue weighted by atomic mass is 9.88. The Morgan fingerprint density at radius 1 is 0.892 bits per heavy atom. The predicted molar refractivity (Wildman–Crippen MR) is 126 cm³/mol. The van der Waals surface area contributed by atoms with Crippen LogP contribution in [-0.4, -0.2) is 12.0 Å². The van der Waals surface area contributed by atoms with Gasteiger partial charge in [-0.2, -0.15) is 26.3 Å². The number of nitro benzene ring substituents is 1. The highest BCUT2D eigenvalue weighted by atomic mass is 19.4. The molecule has 2 N–H and O–H groups in total. The molecule has 0 unspecified atom stereocenters. The second-order valence-electron chi connectivity index (χ2n) is 8.75. The number of nitro groups is 1. The Balaban J connectivity index is 2.33. The van der Waals surface area contributed by atoms with Gasteiger partial charge in [-0.05, 0) is 58.5 Å². The molecule has 0 amide bonds.